The van der Waals surface area contributed by atoms with Crippen molar-refractivity contribution >= 4 is 0 Å². The van der Waals surface area contributed by atoms with Gasteiger partial charge in [-0.05, 0) is 116 Å². The summed E-state index contributed by atoms with van der Waals surface area (Å²) in [5.74, 6) is 2.51. The highest BCUT2D eigenvalue weighted by atomic mass is 16.3. The van der Waals surface area contributed by atoms with E-state index in [0.717, 1.165) is 64.2 Å². The smallest absolute Gasteiger partial charge is 0.0668 e. The summed E-state index contributed by atoms with van der Waals surface area (Å²) in [6.45, 7) is 13.4. The zero-order chi connectivity index (χ0) is 24.3. The van der Waals surface area contributed by atoms with Crippen LogP contribution in [0.4, 0.5) is 0 Å². The van der Waals surface area contributed by atoms with Crippen LogP contribution in [0.3, 0.4) is 0 Å². The van der Waals surface area contributed by atoms with Crippen LogP contribution in [0.5, 0.6) is 0 Å². The molecule has 4 fully saturated rings. The van der Waals surface area contributed by atoms with Gasteiger partial charge in [-0.2, -0.15) is 0 Å². The molecule has 0 aromatic carbocycles. The molecule has 12 atom stereocenters. The number of aliphatic hydroxyl groups is 4. The highest BCUT2D eigenvalue weighted by Gasteiger charge is 2.65. The van der Waals surface area contributed by atoms with Gasteiger partial charge in [0, 0.05) is 0 Å². The minimum Gasteiger partial charge on any atom is -0.393 e. The van der Waals surface area contributed by atoms with Crippen molar-refractivity contribution in [2.45, 2.75) is 130 Å². The van der Waals surface area contributed by atoms with E-state index in [-0.39, 0.29) is 41.0 Å². The molecule has 0 aromatic rings. The molecule has 0 spiro atoms. The number of fused-ring (bicyclic) bond motifs is 5. The van der Waals surface area contributed by atoms with E-state index in [1.165, 1.54) is 0 Å². The van der Waals surface area contributed by atoms with Crippen molar-refractivity contribution in [1.29, 1.82) is 0 Å². The van der Waals surface area contributed by atoms with Gasteiger partial charge in [0.05, 0.1) is 23.9 Å². The van der Waals surface area contributed by atoms with Crippen molar-refractivity contribution in [2.24, 2.45) is 52.3 Å². The van der Waals surface area contributed by atoms with Crippen LogP contribution < -0.4 is 0 Å². The van der Waals surface area contributed by atoms with Crippen molar-refractivity contribution in [3.8, 4) is 0 Å². The minimum atomic E-state index is -0.599. The summed E-state index contributed by atoms with van der Waals surface area (Å²) >= 11 is 0. The molecule has 4 aliphatic carbocycles. The Morgan fingerprint density at radius 1 is 0.939 bits per heavy atom. The number of hydrogen-bond donors (Lipinski definition) is 4. The molecule has 4 saturated carbocycles. The third-order valence-electron chi connectivity index (χ3n) is 12.2. The first kappa shape index (κ1) is 25.9. The fourth-order valence-corrected chi connectivity index (χ4v) is 9.68. The van der Waals surface area contributed by atoms with Crippen LogP contribution in [0, 0.1) is 52.3 Å². The molecule has 4 nitrogen and oxygen atoms in total. The third-order valence-corrected chi connectivity index (χ3v) is 12.2. The second kappa shape index (κ2) is 9.05. The molecule has 4 rings (SSSR count). The maximum Gasteiger partial charge on any atom is 0.0668 e. The standard InChI is InChI=1S/C29H52O4/c1-7-29(33,17(2)3)13-10-18(4)21-8-9-22-26-23(16-25(32)28(21,22)6)27(5)12-11-20(30)14-19(27)15-24(26)31/h17-26,30-33H,7-16H2,1-6H3/t18-,19+,20-,21-,22+,23+,24-,25+,26+,27+,28-,29?/m1/s1. The average Bonchev–Trinajstić information content (AvgIpc) is 3.12. The van der Waals surface area contributed by atoms with Crippen LogP contribution in [-0.2, 0) is 0 Å². The van der Waals surface area contributed by atoms with Gasteiger partial charge >= 0.3 is 0 Å². The van der Waals surface area contributed by atoms with Crippen LogP contribution >= 0.6 is 0 Å². The highest BCUT2D eigenvalue weighted by molar-refractivity contribution is 5.14. The van der Waals surface area contributed by atoms with E-state index >= 15 is 0 Å². The van der Waals surface area contributed by atoms with E-state index < -0.39 is 5.60 Å². The Labute approximate surface area is 202 Å². The normalized spacial score (nSPS) is 50.3. The lowest BCUT2D eigenvalue weighted by atomic mass is 9.43. The summed E-state index contributed by atoms with van der Waals surface area (Å²) in [6.07, 6.45) is 8.28. The fraction of sp³-hybridized carbons (Fsp3) is 1.00. The zero-order valence-corrected chi connectivity index (χ0v) is 22.1. The molecule has 33 heavy (non-hydrogen) atoms. The van der Waals surface area contributed by atoms with Crippen molar-refractivity contribution in [3.63, 3.8) is 0 Å². The summed E-state index contributed by atoms with van der Waals surface area (Å²) in [7, 11) is 0. The molecule has 1 unspecified atom stereocenters. The molecule has 4 N–H and O–H groups in total. The second-order valence-electron chi connectivity index (χ2n) is 13.7. The third kappa shape index (κ3) is 4.03. The van der Waals surface area contributed by atoms with E-state index in [9.17, 15) is 20.4 Å². The topological polar surface area (TPSA) is 80.9 Å². The van der Waals surface area contributed by atoms with Crippen LogP contribution in [0.25, 0.3) is 0 Å². The molecule has 4 aliphatic rings. The molecule has 0 bridgehead atoms. The Balaban J connectivity index is 1.55. The van der Waals surface area contributed by atoms with Crippen molar-refractivity contribution in [3.05, 3.63) is 0 Å². The number of rotatable bonds is 6. The summed E-state index contributed by atoms with van der Waals surface area (Å²) in [4.78, 5) is 0. The van der Waals surface area contributed by atoms with Crippen LogP contribution in [0.2, 0.25) is 0 Å². The molecule has 192 valence electrons. The first-order chi connectivity index (χ1) is 15.4. The molecular weight excluding hydrogens is 412 g/mol. The lowest BCUT2D eigenvalue weighted by Gasteiger charge is -2.63. The van der Waals surface area contributed by atoms with Gasteiger partial charge in [0.25, 0.3) is 0 Å². The quantitative estimate of drug-likeness (QED) is 0.438. The SMILES string of the molecule is CCC(O)(CC[C@@H](C)[C@H]1CC[C@H]2[C@@H]3[C@H](O)C[C@@H]4C[C@H](O)CC[C@]4(C)[C@H]3C[C@H](O)[C@]12C)C(C)C. The van der Waals surface area contributed by atoms with E-state index in [1.807, 2.05) is 0 Å². The predicted octanol–water partition coefficient (Wildman–Crippen LogP) is 5.16. The van der Waals surface area contributed by atoms with E-state index in [1.54, 1.807) is 0 Å². The lowest BCUT2D eigenvalue weighted by Crippen LogP contribution is -2.62. The molecule has 0 amide bonds. The fourth-order valence-electron chi connectivity index (χ4n) is 9.68. The van der Waals surface area contributed by atoms with Gasteiger partial charge in [-0.1, -0.05) is 41.5 Å². The van der Waals surface area contributed by atoms with Crippen molar-refractivity contribution in [2.75, 3.05) is 0 Å². The van der Waals surface area contributed by atoms with Crippen LogP contribution in [0.15, 0.2) is 0 Å². The molecule has 0 heterocycles. The molecule has 0 aromatic heterocycles. The Hall–Kier alpha value is -0.160. The summed E-state index contributed by atoms with van der Waals surface area (Å²) in [6, 6.07) is 0. The Morgan fingerprint density at radius 2 is 1.64 bits per heavy atom. The molecule has 4 heteroatoms. The molecule has 0 radical (unpaired) electrons. The van der Waals surface area contributed by atoms with E-state index in [2.05, 4.69) is 41.5 Å². The number of hydrogen-bond acceptors (Lipinski definition) is 4. The average molecular weight is 465 g/mol. The van der Waals surface area contributed by atoms with Crippen LogP contribution in [-0.4, -0.2) is 44.3 Å². The summed E-state index contributed by atoms with van der Waals surface area (Å²) in [5.41, 5.74) is -0.622. The Bertz CT molecular complexity index is 695. The van der Waals surface area contributed by atoms with E-state index in [0.29, 0.717) is 29.6 Å². The largest absolute Gasteiger partial charge is 0.393 e. The van der Waals surface area contributed by atoms with Gasteiger partial charge in [-0.3, -0.25) is 0 Å². The van der Waals surface area contributed by atoms with Gasteiger partial charge in [0.1, 0.15) is 0 Å². The lowest BCUT2D eigenvalue weighted by molar-refractivity contribution is -0.207. The second-order valence-corrected chi connectivity index (χ2v) is 13.7. The van der Waals surface area contributed by atoms with Gasteiger partial charge < -0.3 is 20.4 Å². The minimum absolute atomic E-state index is 0.129. The summed E-state index contributed by atoms with van der Waals surface area (Å²) < 4.78 is 0. The highest BCUT2D eigenvalue weighted by Crippen LogP contribution is 2.68. The van der Waals surface area contributed by atoms with Gasteiger partial charge in [0.2, 0.25) is 0 Å². The van der Waals surface area contributed by atoms with Gasteiger partial charge in [0.15, 0.2) is 0 Å². The van der Waals surface area contributed by atoms with Gasteiger partial charge in [-0.25, -0.2) is 0 Å². The molecular formula is C29H52O4. The Kier molecular flexibility index (Phi) is 7.11. The maximum atomic E-state index is 11.7. The Morgan fingerprint density at radius 3 is 2.27 bits per heavy atom. The van der Waals surface area contributed by atoms with E-state index in [4.69, 9.17) is 0 Å². The van der Waals surface area contributed by atoms with Crippen LogP contribution in [0.1, 0.15) is 106 Å². The number of aliphatic hydroxyl groups excluding tert-OH is 3. The predicted molar refractivity (Wildman–Crippen MR) is 132 cm³/mol. The van der Waals surface area contributed by atoms with Gasteiger partial charge in [-0.15, -0.1) is 0 Å². The molecule has 0 aliphatic heterocycles. The molecule has 0 saturated heterocycles. The maximum absolute atomic E-state index is 11.7. The first-order valence-electron chi connectivity index (χ1n) is 14.1. The first-order valence-corrected chi connectivity index (χ1v) is 14.1. The van der Waals surface area contributed by atoms with Crippen molar-refractivity contribution in [1.82, 2.24) is 0 Å². The monoisotopic (exact) mass is 464 g/mol. The van der Waals surface area contributed by atoms with Crippen molar-refractivity contribution < 1.29 is 20.4 Å². The zero-order valence-electron chi connectivity index (χ0n) is 22.1. The summed E-state index contributed by atoms with van der Waals surface area (Å²) in [5, 5.41) is 44.5.